The third-order valence-electron chi connectivity index (χ3n) is 4.86. The van der Waals surface area contributed by atoms with E-state index in [0.717, 1.165) is 25.3 Å². The standard InChI is InChI=1S/C18H28N2O/c1-14-7-6-10-17(15(14)2)20-18(21)13-19-12-11-16-8-4-3-5-9-16/h3-5,8-9,14-15,17,19H,6-7,10-13H2,1-2H3,(H,20,21)/p+1/t14-,15+,17-/m0/s1. The summed E-state index contributed by atoms with van der Waals surface area (Å²) < 4.78 is 0. The molecule has 1 aliphatic rings. The lowest BCUT2D eigenvalue weighted by molar-refractivity contribution is -0.643. The van der Waals surface area contributed by atoms with Crippen molar-refractivity contribution in [2.75, 3.05) is 13.1 Å². The number of hydrogen-bond donors (Lipinski definition) is 2. The van der Waals surface area contributed by atoms with Crippen LogP contribution in [-0.2, 0) is 11.2 Å². The first-order valence-electron chi connectivity index (χ1n) is 8.31. The van der Waals surface area contributed by atoms with E-state index in [2.05, 4.69) is 48.7 Å². The molecule has 1 fully saturated rings. The molecular formula is C18H29N2O+. The molecule has 0 unspecified atom stereocenters. The van der Waals surface area contributed by atoms with Crippen LogP contribution < -0.4 is 10.6 Å². The maximum absolute atomic E-state index is 12.0. The third kappa shape index (κ3) is 5.16. The second-order valence-electron chi connectivity index (χ2n) is 6.46. The fourth-order valence-electron chi connectivity index (χ4n) is 3.20. The molecule has 0 saturated heterocycles. The van der Waals surface area contributed by atoms with Crippen LogP contribution in [0.4, 0.5) is 0 Å². The lowest BCUT2D eigenvalue weighted by Crippen LogP contribution is -2.87. The van der Waals surface area contributed by atoms with Gasteiger partial charge in [-0.15, -0.1) is 0 Å². The van der Waals surface area contributed by atoms with Crippen molar-refractivity contribution < 1.29 is 10.1 Å². The SMILES string of the molecule is C[C@H]1[C@@H](NC(=O)C[NH2+]CCc2ccccc2)CCC[C@@H]1C. The van der Waals surface area contributed by atoms with Crippen LogP contribution in [0.2, 0.25) is 0 Å². The van der Waals surface area contributed by atoms with Crippen LogP contribution in [0.25, 0.3) is 0 Å². The van der Waals surface area contributed by atoms with Crippen molar-refractivity contribution in [1.29, 1.82) is 0 Å². The van der Waals surface area contributed by atoms with E-state index in [9.17, 15) is 4.79 Å². The van der Waals surface area contributed by atoms with Gasteiger partial charge in [0.05, 0.1) is 6.54 Å². The smallest absolute Gasteiger partial charge is 0.275 e. The first kappa shape index (κ1) is 16.0. The van der Waals surface area contributed by atoms with Crippen LogP contribution in [0.3, 0.4) is 0 Å². The minimum atomic E-state index is 0.189. The van der Waals surface area contributed by atoms with E-state index in [0.29, 0.717) is 18.5 Å². The van der Waals surface area contributed by atoms with E-state index in [1.807, 2.05) is 6.07 Å². The molecule has 3 nitrogen and oxygen atoms in total. The van der Waals surface area contributed by atoms with E-state index in [4.69, 9.17) is 0 Å². The Morgan fingerprint density at radius 2 is 2.00 bits per heavy atom. The lowest BCUT2D eigenvalue weighted by atomic mass is 9.78. The molecular weight excluding hydrogens is 260 g/mol. The molecule has 1 amide bonds. The minimum absolute atomic E-state index is 0.189. The molecule has 116 valence electrons. The summed E-state index contributed by atoms with van der Waals surface area (Å²) in [5.41, 5.74) is 1.34. The Hall–Kier alpha value is -1.35. The molecule has 0 heterocycles. The summed E-state index contributed by atoms with van der Waals surface area (Å²) >= 11 is 0. The largest absolute Gasteiger partial charge is 0.348 e. The molecule has 0 radical (unpaired) electrons. The zero-order valence-electron chi connectivity index (χ0n) is 13.3. The van der Waals surface area contributed by atoms with Gasteiger partial charge in [-0.1, -0.05) is 57.0 Å². The van der Waals surface area contributed by atoms with Gasteiger partial charge in [0, 0.05) is 12.5 Å². The highest BCUT2D eigenvalue weighted by molar-refractivity contribution is 5.77. The maximum atomic E-state index is 12.0. The fraction of sp³-hybridized carbons (Fsp3) is 0.611. The molecule has 3 heteroatoms. The first-order valence-corrected chi connectivity index (χ1v) is 8.31. The number of nitrogens with two attached hydrogens (primary N) is 1. The van der Waals surface area contributed by atoms with E-state index in [1.165, 1.54) is 18.4 Å². The molecule has 0 aromatic heterocycles. The van der Waals surface area contributed by atoms with Gasteiger partial charge < -0.3 is 10.6 Å². The Morgan fingerprint density at radius 1 is 1.24 bits per heavy atom. The Bertz CT molecular complexity index is 432. The molecule has 1 saturated carbocycles. The van der Waals surface area contributed by atoms with Crippen molar-refractivity contribution in [2.45, 2.75) is 45.6 Å². The van der Waals surface area contributed by atoms with E-state index >= 15 is 0 Å². The van der Waals surface area contributed by atoms with E-state index < -0.39 is 0 Å². The summed E-state index contributed by atoms with van der Waals surface area (Å²) in [5.74, 6) is 1.52. The Labute approximate surface area is 128 Å². The molecule has 0 aliphatic heterocycles. The summed E-state index contributed by atoms with van der Waals surface area (Å²) in [4.78, 5) is 12.0. The van der Waals surface area contributed by atoms with Crippen molar-refractivity contribution in [3.63, 3.8) is 0 Å². The van der Waals surface area contributed by atoms with Crippen LogP contribution in [0, 0.1) is 11.8 Å². The van der Waals surface area contributed by atoms with Gasteiger partial charge in [-0.05, 0) is 23.8 Å². The van der Waals surface area contributed by atoms with Crippen LogP contribution in [0.5, 0.6) is 0 Å². The highest BCUT2D eigenvalue weighted by Crippen LogP contribution is 2.29. The van der Waals surface area contributed by atoms with E-state index in [1.54, 1.807) is 0 Å². The van der Waals surface area contributed by atoms with Crippen LogP contribution in [0.1, 0.15) is 38.7 Å². The average Bonchev–Trinajstić information content (AvgIpc) is 2.49. The summed E-state index contributed by atoms with van der Waals surface area (Å²) in [6.07, 6.45) is 4.71. The zero-order chi connectivity index (χ0) is 15.1. The second-order valence-corrected chi connectivity index (χ2v) is 6.46. The monoisotopic (exact) mass is 289 g/mol. The number of carbonyl (C=O) groups is 1. The molecule has 1 aliphatic carbocycles. The Balaban J connectivity index is 1.63. The second kappa shape index (κ2) is 8.18. The van der Waals surface area contributed by atoms with E-state index in [-0.39, 0.29) is 5.91 Å². The van der Waals surface area contributed by atoms with Crippen LogP contribution in [-0.4, -0.2) is 25.0 Å². The van der Waals surface area contributed by atoms with Crippen LogP contribution >= 0.6 is 0 Å². The Kier molecular flexibility index (Phi) is 6.24. The van der Waals surface area contributed by atoms with Crippen molar-refractivity contribution in [2.24, 2.45) is 11.8 Å². The number of benzene rings is 1. The summed E-state index contributed by atoms with van der Waals surface area (Å²) in [6, 6.07) is 10.8. The maximum Gasteiger partial charge on any atom is 0.275 e. The van der Waals surface area contributed by atoms with Crippen molar-refractivity contribution >= 4 is 5.91 Å². The fourth-order valence-corrected chi connectivity index (χ4v) is 3.20. The first-order chi connectivity index (χ1) is 10.2. The number of quaternary nitrogens is 1. The van der Waals surface area contributed by atoms with Crippen molar-refractivity contribution in [3.8, 4) is 0 Å². The summed E-state index contributed by atoms with van der Waals surface area (Å²) in [7, 11) is 0. The van der Waals surface area contributed by atoms with Gasteiger partial charge in [0.25, 0.3) is 5.91 Å². The molecule has 1 aromatic carbocycles. The van der Waals surface area contributed by atoms with Crippen molar-refractivity contribution in [1.82, 2.24) is 5.32 Å². The zero-order valence-corrected chi connectivity index (χ0v) is 13.3. The van der Waals surface area contributed by atoms with Gasteiger partial charge in [-0.3, -0.25) is 4.79 Å². The number of nitrogens with one attached hydrogen (secondary N) is 1. The average molecular weight is 289 g/mol. The topological polar surface area (TPSA) is 45.7 Å². The van der Waals surface area contributed by atoms with Gasteiger partial charge in [0.1, 0.15) is 0 Å². The summed E-state index contributed by atoms with van der Waals surface area (Å²) in [5, 5.41) is 5.34. The molecule has 0 bridgehead atoms. The molecule has 3 N–H and O–H groups in total. The lowest BCUT2D eigenvalue weighted by Gasteiger charge is -2.34. The molecule has 21 heavy (non-hydrogen) atoms. The third-order valence-corrected chi connectivity index (χ3v) is 4.86. The summed E-state index contributed by atoms with van der Waals surface area (Å²) in [6.45, 7) is 6.08. The van der Waals surface area contributed by atoms with Gasteiger partial charge in [0.15, 0.2) is 6.54 Å². The van der Waals surface area contributed by atoms with Crippen molar-refractivity contribution in [3.05, 3.63) is 35.9 Å². The van der Waals surface area contributed by atoms with Gasteiger partial charge >= 0.3 is 0 Å². The van der Waals surface area contributed by atoms with Crippen LogP contribution in [0.15, 0.2) is 30.3 Å². The molecule has 0 spiro atoms. The molecule has 3 atom stereocenters. The number of carbonyl (C=O) groups excluding carboxylic acids is 1. The van der Waals surface area contributed by atoms with Gasteiger partial charge in [0.2, 0.25) is 0 Å². The highest BCUT2D eigenvalue weighted by Gasteiger charge is 2.28. The number of rotatable bonds is 6. The highest BCUT2D eigenvalue weighted by atomic mass is 16.1. The Morgan fingerprint density at radius 3 is 2.76 bits per heavy atom. The number of hydrogen-bond acceptors (Lipinski definition) is 1. The molecule has 1 aromatic rings. The predicted octanol–water partition coefficient (Wildman–Crippen LogP) is 1.73. The minimum Gasteiger partial charge on any atom is -0.348 e. The predicted molar refractivity (Wildman–Crippen MR) is 85.9 cm³/mol. The van der Waals surface area contributed by atoms with Gasteiger partial charge in [-0.25, -0.2) is 0 Å². The molecule has 2 rings (SSSR count). The van der Waals surface area contributed by atoms with Gasteiger partial charge in [-0.2, -0.15) is 0 Å². The normalized spacial score (nSPS) is 25.5. The quantitative estimate of drug-likeness (QED) is 0.770. The number of amides is 1.